The van der Waals surface area contributed by atoms with E-state index in [9.17, 15) is 4.79 Å². The van der Waals surface area contributed by atoms with Gasteiger partial charge in [0.15, 0.2) is 6.29 Å². The van der Waals surface area contributed by atoms with Crippen molar-refractivity contribution in [1.82, 2.24) is 15.1 Å². The van der Waals surface area contributed by atoms with E-state index in [2.05, 4.69) is 30.6 Å². The summed E-state index contributed by atoms with van der Waals surface area (Å²) in [5, 5.41) is 3.27. The van der Waals surface area contributed by atoms with Gasteiger partial charge in [-0.15, -0.1) is 6.58 Å². The highest BCUT2D eigenvalue weighted by Gasteiger charge is 2.36. The molecule has 0 aromatic rings. The highest BCUT2D eigenvalue weighted by molar-refractivity contribution is 5.94. The molecule has 1 amide bonds. The van der Waals surface area contributed by atoms with Crippen molar-refractivity contribution in [3.05, 3.63) is 23.9 Å². The molecule has 1 N–H and O–H groups in total. The standard InChI is InChI=1S/C18H33N3O/c1-7-10-11-12-13-15(8-2)21-14(4)16(9-3)17(22)20(6)18(21)19-5/h8,15,18-19H,2,7,9-13H2,1,3-6H3. The minimum absolute atomic E-state index is 0.100. The zero-order valence-corrected chi connectivity index (χ0v) is 15.0. The number of carbonyl (C=O) groups excluding carboxylic acids is 1. The summed E-state index contributed by atoms with van der Waals surface area (Å²) in [7, 11) is 3.78. The van der Waals surface area contributed by atoms with E-state index < -0.39 is 0 Å². The van der Waals surface area contributed by atoms with Gasteiger partial charge in [-0.1, -0.05) is 45.6 Å². The SMILES string of the molecule is C=CC(CCCCCC)N1C(C)=C(CC)C(=O)N(C)C1NC. The number of allylic oxidation sites excluding steroid dienone is 1. The topological polar surface area (TPSA) is 35.6 Å². The maximum atomic E-state index is 12.5. The van der Waals surface area contributed by atoms with Crippen molar-refractivity contribution >= 4 is 5.91 Å². The van der Waals surface area contributed by atoms with Crippen LogP contribution in [0.15, 0.2) is 23.9 Å². The second-order valence-electron chi connectivity index (χ2n) is 6.06. The van der Waals surface area contributed by atoms with E-state index in [1.54, 1.807) is 4.90 Å². The Labute approximate surface area is 136 Å². The number of nitrogens with zero attached hydrogens (tertiary/aromatic N) is 2. The normalized spacial score (nSPS) is 20.6. The minimum Gasteiger partial charge on any atom is -0.336 e. The fourth-order valence-electron chi connectivity index (χ4n) is 3.33. The smallest absolute Gasteiger partial charge is 0.253 e. The first-order valence-corrected chi connectivity index (χ1v) is 8.58. The van der Waals surface area contributed by atoms with Gasteiger partial charge in [-0.25, -0.2) is 0 Å². The van der Waals surface area contributed by atoms with Gasteiger partial charge in [0.2, 0.25) is 0 Å². The van der Waals surface area contributed by atoms with E-state index in [4.69, 9.17) is 0 Å². The molecule has 4 heteroatoms. The molecule has 0 spiro atoms. The van der Waals surface area contributed by atoms with Crippen LogP contribution in [0.4, 0.5) is 0 Å². The summed E-state index contributed by atoms with van der Waals surface area (Å²) < 4.78 is 0. The van der Waals surface area contributed by atoms with Gasteiger partial charge in [-0.3, -0.25) is 10.1 Å². The average molecular weight is 307 g/mol. The van der Waals surface area contributed by atoms with Gasteiger partial charge < -0.3 is 9.80 Å². The molecule has 0 saturated heterocycles. The quantitative estimate of drug-likeness (QED) is 0.523. The number of hydrogen-bond donors (Lipinski definition) is 1. The van der Waals surface area contributed by atoms with Gasteiger partial charge >= 0.3 is 0 Å². The Kier molecular flexibility index (Phi) is 7.66. The van der Waals surface area contributed by atoms with Crippen molar-refractivity contribution in [2.75, 3.05) is 14.1 Å². The Balaban J connectivity index is 3.00. The summed E-state index contributed by atoms with van der Waals surface area (Å²) in [6.45, 7) is 10.4. The molecule has 0 aromatic heterocycles. The fourth-order valence-corrected chi connectivity index (χ4v) is 3.33. The molecular formula is C18H33N3O. The molecule has 0 aromatic carbocycles. The Morgan fingerprint density at radius 1 is 1.32 bits per heavy atom. The van der Waals surface area contributed by atoms with Crippen LogP contribution in [0.3, 0.4) is 0 Å². The van der Waals surface area contributed by atoms with Gasteiger partial charge in [0, 0.05) is 24.4 Å². The Morgan fingerprint density at radius 3 is 2.50 bits per heavy atom. The van der Waals surface area contributed by atoms with E-state index in [1.807, 2.05) is 27.1 Å². The second kappa shape index (κ2) is 8.99. The van der Waals surface area contributed by atoms with Gasteiger partial charge in [0.25, 0.3) is 5.91 Å². The zero-order chi connectivity index (χ0) is 16.7. The molecule has 1 aliphatic rings. The Morgan fingerprint density at radius 2 is 2.00 bits per heavy atom. The van der Waals surface area contributed by atoms with Crippen LogP contribution in [0.2, 0.25) is 0 Å². The van der Waals surface area contributed by atoms with E-state index in [0.717, 1.165) is 24.1 Å². The lowest BCUT2D eigenvalue weighted by Gasteiger charge is -2.47. The number of nitrogens with one attached hydrogen (secondary N) is 1. The third-order valence-corrected chi connectivity index (χ3v) is 4.63. The van der Waals surface area contributed by atoms with Gasteiger partial charge in [0.05, 0.1) is 0 Å². The zero-order valence-electron chi connectivity index (χ0n) is 15.0. The van der Waals surface area contributed by atoms with Crippen molar-refractivity contribution in [3.63, 3.8) is 0 Å². The highest BCUT2D eigenvalue weighted by atomic mass is 16.2. The number of likely N-dealkylation sites (N-methyl/N-ethyl adjacent to an activating group) is 1. The molecule has 2 atom stereocenters. The summed E-state index contributed by atoms with van der Waals surface area (Å²) >= 11 is 0. The maximum Gasteiger partial charge on any atom is 0.253 e. The molecular weight excluding hydrogens is 274 g/mol. The lowest BCUT2D eigenvalue weighted by atomic mass is 10.0. The summed E-state index contributed by atoms with van der Waals surface area (Å²) in [5.74, 6) is 0.129. The number of amides is 1. The largest absolute Gasteiger partial charge is 0.336 e. The van der Waals surface area contributed by atoms with Crippen molar-refractivity contribution in [2.45, 2.75) is 71.6 Å². The van der Waals surface area contributed by atoms with Crippen LogP contribution < -0.4 is 5.32 Å². The number of hydrogen-bond acceptors (Lipinski definition) is 3. The Bertz CT molecular complexity index is 417. The van der Waals surface area contributed by atoms with Crippen LogP contribution in [-0.2, 0) is 4.79 Å². The summed E-state index contributed by atoms with van der Waals surface area (Å²) in [5.41, 5.74) is 2.00. The summed E-state index contributed by atoms with van der Waals surface area (Å²) in [6, 6.07) is 0.256. The molecule has 4 nitrogen and oxygen atoms in total. The van der Waals surface area contributed by atoms with E-state index in [0.29, 0.717) is 0 Å². The van der Waals surface area contributed by atoms with Crippen LogP contribution in [-0.4, -0.2) is 42.1 Å². The first-order valence-electron chi connectivity index (χ1n) is 8.58. The second-order valence-corrected chi connectivity index (χ2v) is 6.06. The predicted molar refractivity (Wildman–Crippen MR) is 93.2 cm³/mol. The fraction of sp³-hybridized carbons (Fsp3) is 0.722. The van der Waals surface area contributed by atoms with Crippen LogP contribution in [0.5, 0.6) is 0 Å². The van der Waals surface area contributed by atoms with Gasteiger partial charge in [-0.05, 0) is 26.8 Å². The van der Waals surface area contributed by atoms with Crippen LogP contribution in [0.1, 0.15) is 59.3 Å². The van der Waals surface area contributed by atoms with Crippen LogP contribution in [0.25, 0.3) is 0 Å². The molecule has 0 saturated carbocycles. The lowest BCUT2D eigenvalue weighted by molar-refractivity contribution is -0.135. The maximum absolute atomic E-state index is 12.5. The molecule has 0 fully saturated rings. The number of rotatable bonds is 9. The van der Waals surface area contributed by atoms with Crippen LogP contribution >= 0.6 is 0 Å². The number of carbonyl (C=O) groups is 1. The minimum atomic E-state index is -0.100. The van der Waals surface area contributed by atoms with E-state index >= 15 is 0 Å². The lowest BCUT2D eigenvalue weighted by Crippen LogP contribution is -2.61. The molecule has 0 bridgehead atoms. The molecule has 126 valence electrons. The molecule has 1 rings (SSSR count). The molecule has 1 aliphatic heterocycles. The third kappa shape index (κ3) is 3.92. The van der Waals surface area contributed by atoms with Crippen molar-refractivity contribution in [2.24, 2.45) is 0 Å². The summed E-state index contributed by atoms with van der Waals surface area (Å²) in [4.78, 5) is 16.6. The highest BCUT2D eigenvalue weighted by Crippen LogP contribution is 2.29. The van der Waals surface area contributed by atoms with Crippen molar-refractivity contribution in [3.8, 4) is 0 Å². The first-order chi connectivity index (χ1) is 10.5. The van der Waals surface area contributed by atoms with Crippen LogP contribution in [0, 0.1) is 0 Å². The van der Waals surface area contributed by atoms with Crippen molar-refractivity contribution < 1.29 is 4.79 Å². The van der Waals surface area contributed by atoms with E-state index in [-0.39, 0.29) is 18.2 Å². The Hall–Kier alpha value is -1.29. The van der Waals surface area contributed by atoms with E-state index in [1.165, 1.54) is 25.7 Å². The molecule has 0 aliphatic carbocycles. The molecule has 22 heavy (non-hydrogen) atoms. The summed E-state index contributed by atoms with van der Waals surface area (Å²) in [6.07, 6.45) is 8.76. The number of unbranched alkanes of at least 4 members (excludes halogenated alkanes) is 3. The molecule has 2 unspecified atom stereocenters. The van der Waals surface area contributed by atoms with Gasteiger partial charge in [0.1, 0.15) is 0 Å². The average Bonchev–Trinajstić information content (AvgIpc) is 2.52. The van der Waals surface area contributed by atoms with Crippen molar-refractivity contribution in [1.29, 1.82) is 0 Å². The van der Waals surface area contributed by atoms with Gasteiger partial charge in [-0.2, -0.15) is 0 Å². The molecule has 0 radical (unpaired) electrons. The predicted octanol–water partition coefficient (Wildman–Crippen LogP) is 3.47. The third-order valence-electron chi connectivity index (χ3n) is 4.63. The molecule has 1 heterocycles. The monoisotopic (exact) mass is 307 g/mol. The first kappa shape index (κ1) is 18.8.